The molecule has 0 saturated carbocycles. The Morgan fingerprint density at radius 2 is 1.69 bits per heavy atom. The molecule has 8 heteroatoms. The Morgan fingerprint density at radius 1 is 1.11 bits per heavy atom. The zero-order valence-corrected chi connectivity index (χ0v) is 20.5. The third kappa shape index (κ3) is 4.89. The molecule has 1 aliphatic heterocycles. The summed E-state index contributed by atoms with van der Waals surface area (Å²) >= 11 is 0. The highest BCUT2D eigenvalue weighted by Crippen LogP contribution is 2.44. The Labute approximate surface area is 205 Å². The molecule has 0 aromatic heterocycles. The van der Waals surface area contributed by atoms with E-state index in [4.69, 9.17) is 9.47 Å². The topological polar surface area (TPSA) is 105 Å². The number of ether oxygens (including phenoxy) is 2. The molecule has 2 atom stereocenters. The number of rotatable bonds is 5. The first-order valence-electron chi connectivity index (χ1n) is 11.8. The van der Waals surface area contributed by atoms with Crippen molar-refractivity contribution >= 4 is 18.0 Å². The van der Waals surface area contributed by atoms with Gasteiger partial charge in [0.15, 0.2) is 5.60 Å². The van der Waals surface area contributed by atoms with Crippen LogP contribution in [-0.2, 0) is 19.1 Å². The van der Waals surface area contributed by atoms with Gasteiger partial charge >= 0.3 is 12.1 Å². The zero-order chi connectivity index (χ0) is 25.4. The van der Waals surface area contributed by atoms with E-state index >= 15 is 0 Å². The van der Waals surface area contributed by atoms with Crippen molar-refractivity contribution in [1.29, 1.82) is 0 Å². The highest BCUT2D eigenvalue weighted by atomic mass is 16.5. The normalized spacial score (nSPS) is 20.5. The van der Waals surface area contributed by atoms with Gasteiger partial charge in [0, 0.05) is 12.5 Å². The third-order valence-electron chi connectivity index (χ3n) is 6.76. The molecule has 2 amide bonds. The predicted octanol–water partition coefficient (Wildman–Crippen LogP) is 3.64. The summed E-state index contributed by atoms with van der Waals surface area (Å²) in [5.41, 5.74) is 2.36. The molecule has 2 aromatic carbocycles. The molecule has 2 aromatic rings. The number of amides is 2. The van der Waals surface area contributed by atoms with Crippen molar-refractivity contribution < 1.29 is 29.0 Å². The SMILES string of the molecule is CC1(C(=O)O)CN(C(=O)[C@H](NC(=O)OCC2c3ccccc3-c3ccccc32)C(C)(C)C)CCO1. The van der Waals surface area contributed by atoms with Crippen LogP contribution < -0.4 is 5.32 Å². The number of carbonyl (C=O) groups is 3. The summed E-state index contributed by atoms with van der Waals surface area (Å²) in [5.74, 6) is -1.58. The second kappa shape index (κ2) is 9.34. The van der Waals surface area contributed by atoms with Crippen molar-refractivity contribution in [2.45, 2.75) is 45.3 Å². The predicted molar refractivity (Wildman–Crippen MR) is 130 cm³/mol. The van der Waals surface area contributed by atoms with E-state index in [1.165, 1.54) is 11.8 Å². The summed E-state index contributed by atoms with van der Waals surface area (Å²) in [6.07, 6.45) is -0.686. The van der Waals surface area contributed by atoms with Gasteiger partial charge in [-0.15, -0.1) is 0 Å². The lowest BCUT2D eigenvalue weighted by molar-refractivity contribution is -0.178. The van der Waals surface area contributed by atoms with Gasteiger partial charge in [-0.3, -0.25) is 4.79 Å². The van der Waals surface area contributed by atoms with Crippen molar-refractivity contribution in [1.82, 2.24) is 10.2 Å². The fraction of sp³-hybridized carbons (Fsp3) is 0.444. The maximum absolute atomic E-state index is 13.4. The van der Waals surface area contributed by atoms with Crippen LogP contribution in [0.25, 0.3) is 11.1 Å². The minimum atomic E-state index is -1.49. The number of morpholine rings is 1. The van der Waals surface area contributed by atoms with E-state index < -0.39 is 29.1 Å². The van der Waals surface area contributed by atoms with Gasteiger partial charge in [0.2, 0.25) is 5.91 Å². The maximum Gasteiger partial charge on any atom is 0.407 e. The van der Waals surface area contributed by atoms with Crippen molar-refractivity contribution in [2.24, 2.45) is 5.41 Å². The lowest BCUT2D eigenvalue weighted by atomic mass is 9.85. The molecule has 1 fully saturated rings. The van der Waals surface area contributed by atoms with Crippen LogP contribution in [0.4, 0.5) is 4.79 Å². The summed E-state index contributed by atoms with van der Waals surface area (Å²) in [4.78, 5) is 39.3. The number of hydrogen-bond acceptors (Lipinski definition) is 5. The van der Waals surface area contributed by atoms with Crippen LogP contribution in [0.3, 0.4) is 0 Å². The smallest absolute Gasteiger partial charge is 0.407 e. The number of fused-ring (bicyclic) bond motifs is 3. The number of nitrogens with zero attached hydrogens (tertiary/aromatic N) is 1. The van der Waals surface area contributed by atoms with Crippen LogP contribution in [0.5, 0.6) is 0 Å². The molecule has 8 nitrogen and oxygen atoms in total. The quantitative estimate of drug-likeness (QED) is 0.677. The van der Waals surface area contributed by atoms with Gasteiger partial charge in [0.1, 0.15) is 12.6 Å². The van der Waals surface area contributed by atoms with E-state index in [0.717, 1.165) is 22.3 Å². The number of carbonyl (C=O) groups excluding carboxylic acids is 2. The Bertz CT molecular complexity index is 1090. The van der Waals surface area contributed by atoms with E-state index in [1.807, 2.05) is 57.2 Å². The number of hydrogen-bond donors (Lipinski definition) is 2. The van der Waals surface area contributed by atoms with Crippen molar-refractivity contribution in [3.63, 3.8) is 0 Å². The number of aliphatic carboxylic acids is 1. The molecule has 0 spiro atoms. The summed E-state index contributed by atoms with van der Waals surface area (Å²) < 4.78 is 11.0. The second-order valence-corrected chi connectivity index (χ2v) is 10.4. The Hall–Kier alpha value is -3.39. The molecule has 1 aliphatic carbocycles. The van der Waals surface area contributed by atoms with Crippen LogP contribution in [0.15, 0.2) is 48.5 Å². The molecule has 35 heavy (non-hydrogen) atoms. The zero-order valence-electron chi connectivity index (χ0n) is 20.5. The van der Waals surface area contributed by atoms with Crippen LogP contribution in [0, 0.1) is 5.41 Å². The molecule has 1 unspecified atom stereocenters. The minimum Gasteiger partial charge on any atom is -0.479 e. The van der Waals surface area contributed by atoms with Crippen molar-refractivity contribution in [3.8, 4) is 11.1 Å². The molecule has 1 heterocycles. The molecule has 0 radical (unpaired) electrons. The average Bonchev–Trinajstić information content (AvgIpc) is 3.14. The Balaban J connectivity index is 1.46. The van der Waals surface area contributed by atoms with Gasteiger partial charge in [0.05, 0.1) is 13.2 Å². The van der Waals surface area contributed by atoms with Gasteiger partial charge in [0.25, 0.3) is 0 Å². The highest BCUT2D eigenvalue weighted by molar-refractivity contribution is 5.88. The lowest BCUT2D eigenvalue weighted by Crippen LogP contribution is -2.61. The van der Waals surface area contributed by atoms with E-state index in [2.05, 4.69) is 17.4 Å². The minimum absolute atomic E-state index is 0.0903. The fourth-order valence-electron chi connectivity index (χ4n) is 4.78. The van der Waals surface area contributed by atoms with Gasteiger partial charge in [-0.2, -0.15) is 0 Å². The monoisotopic (exact) mass is 480 g/mol. The standard InChI is InChI=1S/C27H32N2O6/c1-26(2,3)22(23(30)29-13-14-35-27(4,16-29)24(31)32)28-25(33)34-15-21-19-11-7-5-9-17(19)18-10-6-8-12-20(18)21/h5-12,21-22H,13-16H2,1-4H3,(H,28,33)(H,31,32)/t22-,27?/m0/s1. The van der Waals surface area contributed by atoms with Crippen LogP contribution in [-0.4, -0.2) is 65.9 Å². The maximum atomic E-state index is 13.4. The molecule has 1 saturated heterocycles. The summed E-state index contributed by atoms with van der Waals surface area (Å²) in [5, 5.41) is 12.2. The molecular formula is C27H32N2O6. The first-order valence-corrected chi connectivity index (χ1v) is 11.8. The Morgan fingerprint density at radius 3 is 2.23 bits per heavy atom. The number of carboxylic acid groups (broad SMARTS) is 1. The molecular weight excluding hydrogens is 448 g/mol. The second-order valence-electron chi connectivity index (χ2n) is 10.4. The van der Waals surface area contributed by atoms with Crippen LogP contribution in [0.1, 0.15) is 44.7 Å². The number of nitrogens with one attached hydrogen (secondary N) is 1. The highest BCUT2D eigenvalue weighted by Gasteiger charge is 2.44. The first-order chi connectivity index (χ1) is 16.5. The van der Waals surface area contributed by atoms with Crippen LogP contribution in [0.2, 0.25) is 0 Å². The third-order valence-corrected chi connectivity index (χ3v) is 6.76. The number of alkyl carbamates (subject to hydrolysis) is 1. The summed E-state index contributed by atoms with van der Waals surface area (Å²) in [7, 11) is 0. The van der Waals surface area contributed by atoms with E-state index in [9.17, 15) is 19.5 Å². The van der Waals surface area contributed by atoms with Gasteiger partial charge in [-0.25, -0.2) is 9.59 Å². The molecule has 186 valence electrons. The van der Waals surface area contributed by atoms with Crippen LogP contribution >= 0.6 is 0 Å². The van der Waals surface area contributed by atoms with Gasteiger partial charge < -0.3 is 24.8 Å². The van der Waals surface area contributed by atoms with Gasteiger partial charge in [-0.1, -0.05) is 69.3 Å². The molecule has 0 bridgehead atoms. The first kappa shape index (κ1) is 24.7. The molecule has 4 rings (SSSR count). The molecule has 2 N–H and O–H groups in total. The summed E-state index contributed by atoms with van der Waals surface area (Å²) in [6, 6.07) is 15.2. The van der Waals surface area contributed by atoms with Crippen molar-refractivity contribution in [3.05, 3.63) is 59.7 Å². The lowest BCUT2D eigenvalue weighted by Gasteiger charge is -2.41. The summed E-state index contributed by atoms with van der Waals surface area (Å²) in [6.45, 7) is 7.37. The Kier molecular flexibility index (Phi) is 6.60. The van der Waals surface area contributed by atoms with E-state index in [-0.39, 0.29) is 38.1 Å². The number of benzene rings is 2. The van der Waals surface area contributed by atoms with Crippen molar-refractivity contribution in [2.75, 3.05) is 26.3 Å². The van der Waals surface area contributed by atoms with Gasteiger partial charge in [-0.05, 0) is 34.6 Å². The average molecular weight is 481 g/mol. The largest absolute Gasteiger partial charge is 0.479 e. The van der Waals surface area contributed by atoms with E-state index in [1.54, 1.807) is 0 Å². The molecule has 2 aliphatic rings. The number of carboxylic acids is 1. The van der Waals surface area contributed by atoms with E-state index in [0.29, 0.717) is 0 Å². The fourth-order valence-corrected chi connectivity index (χ4v) is 4.78.